The molecule has 3 rings (SSSR count). The Morgan fingerprint density at radius 1 is 1.27 bits per heavy atom. The van der Waals surface area contributed by atoms with Gasteiger partial charge >= 0.3 is 0 Å². The third-order valence-electron chi connectivity index (χ3n) is 3.67. The van der Waals surface area contributed by atoms with Crippen molar-refractivity contribution in [1.29, 1.82) is 0 Å². The number of hydrogen-bond donors (Lipinski definition) is 2. The van der Waals surface area contributed by atoms with Crippen LogP contribution in [0.5, 0.6) is 0 Å². The topological polar surface area (TPSA) is 53.6 Å². The molecule has 1 atom stereocenters. The van der Waals surface area contributed by atoms with Crippen molar-refractivity contribution in [3.63, 3.8) is 0 Å². The molecule has 0 amide bonds. The average molecular weight is 359 g/mol. The molecule has 0 bridgehead atoms. The lowest BCUT2D eigenvalue weighted by atomic mass is 10.1. The summed E-state index contributed by atoms with van der Waals surface area (Å²) >= 11 is 3.60. The summed E-state index contributed by atoms with van der Waals surface area (Å²) in [6.45, 7) is 6.90. The minimum atomic E-state index is 0.160. The molecule has 0 saturated heterocycles. The number of aromatic amines is 1. The Morgan fingerprint density at radius 3 is 2.82 bits per heavy atom. The maximum atomic E-state index is 4.75. The molecular weight excluding hydrogens is 340 g/mol. The highest BCUT2D eigenvalue weighted by molar-refractivity contribution is 9.10. The molecule has 3 aromatic rings. The van der Waals surface area contributed by atoms with Crippen LogP contribution in [0.15, 0.2) is 34.9 Å². The summed E-state index contributed by atoms with van der Waals surface area (Å²) in [5.41, 5.74) is 4.33. The Hall–Kier alpha value is -1.72. The Labute approximate surface area is 138 Å². The first-order chi connectivity index (χ1) is 10.5. The SMILES string of the molecule is Cc1cc(Br)c2nc(CNC(C)c3ncc(C)[nH]3)ccc2c1. The highest BCUT2D eigenvalue weighted by Gasteiger charge is 2.09. The van der Waals surface area contributed by atoms with Gasteiger partial charge in [0.25, 0.3) is 0 Å². The minimum Gasteiger partial charge on any atom is -0.345 e. The zero-order valence-electron chi connectivity index (χ0n) is 12.9. The molecule has 2 N–H and O–H groups in total. The number of halogens is 1. The van der Waals surface area contributed by atoms with E-state index in [9.17, 15) is 0 Å². The van der Waals surface area contributed by atoms with Gasteiger partial charge in [0.1, 0.15) is 5.82 Å². The van der Waals surface area contributed by atoms with Crippen LogP contribution in [0, 0.1) is 13.8 Å². The lowest BCUT2D eigenvalue weighted by Gasteiger charge is -2.12. The minimum absolute atomic E-state index is 0.160. The van der Waals surface area contributed by atoms with Gasteiger partial charge in [-0.15, -0.1) is 0 Å². The highest BCUT2D eigenvalue weighted by atomic mass is 79.9. The standard InChI is InChI=1S/C17H19BrN4/c1-10-6-13-4-5-14(22-16(13)15(18)7-10)9-19-12(3)17-20-8-11(2)21-17/h4-8,12,19H,9H2,1-3H3,(H,20,21). The number of H-pyrrole nitrogens is 1. The Bertz CT molecular complexity index is 810. The fourth-order valence-electron chi connectivity index (χ4n) is 2.48. The molecule has 0 fully saturated rings. The van der Waals surface area contributed by atoms with Crippen LogP contribution in [-0.4, -0.2) is 15.0 Å². The van der Waals surface area contributed by atoms with E-state index in [1.807, 2.05) is 13.1 Å². The molecule has 22 heavy (non-hydrogen) atoms. The van der Waals surface area contributed by atoms with E-state index >= 15 is 0 Å². The van der Waals surface area contributed by atoms with Gasteiger partial charge in [-0.3, -0.25) is 4.98 Å². The highest BCUT2D eigenvalue weighted by Crippen LogP contribution is 2.24. The number of benzene rings is 1. The van der Waals surface area contributed by atoms with E-state index < -0.39 is 0 Å². The van der Waals surface area contributed by atoms with Crippen LogP contribution in [0.3, 0.4) is 0 Å². The first-order valence-electron chi connectivity index (χ1n) is 7.33. The smallest absolute Gasteiger partial charge is 0.123 e. The molecule has 0 spiro atoms. The van der Waals surface area contributed by atoms with Gasteiger partial charge in [0.05, 0.1) is 17.3 Å². The third kappa shape index (κ3) is 3.20. The number of nitrogens with zero attached hydrogens (tertiary/aromatic N) is 2. The van der Waals surface area contributed by atoms with E-state index in [2.05, 4.69) is 69.3 Å². The second-order valence-electron chi connectivity index (χ2n) is 5.68. The fraction of sp³-hybridized carbons (Fsp3) is 0.294. The van der Waals surface area contributed by atoms with Gasteiger partial charge < -0.3 is 10.3 Å². The predicted molar refractivity (Wildman–Crippen MR) is 92.8 cm³/mol. The van der Waals surface area contributed by atoms with Crippen molar-refractivity contribution in [1.82, 2.24) is 20.3 Å². The molecule has 5 heteroatoms. The first kappa shape index (κ1) is 15.2. The number of fused-ring (bicyclic) bond motifs is 1. The molecule has 1 unspecified atom stereocenters. The zero-order valence-corrected chi connectivity index (χ0v) is 14.5. The number of nitrogens with one attached hydrogen (secondary N) is 2. The Balaban J connectivity index is 1.77. The third-order valence-corrected chi connectivity index (χ3v) is 4.27. The molecule has 0 aliphatic heterocycles. The first-order valence-corrected chi connectivity index (χ1v) is 8.13. The monoisotopic (exact) mass is 358 g/mol. The van der Waals surface area contributed by atoms with Gasteiger partial charge in [-0.05, 0) is 60.5 Å². The predicted octanol–water partition coefficient (Wildman–Crippen LogP) is 4.19. The van der Waals surface area contributed by atoms with E-state index in [4.69, 9.17) is 4.98 Å². The maximum Gasteiger partial charge on any atom is 0.123 e. The van der Waals surface area contributed by atoms with Gasteiger partial charge in [-0.2, -0.15) is 0 Å². The summed E-state index contributed by atoms with van der Waals surface area (Å²) in [4.78, 5) is 12.4. The van der Waals surface area contributed by atoms with E-state index in [1.54, 1.807) is 0 Å². The van der Waals surface area contributed by atoms with Crippen molar-refractivity contribution in [3.05, 3.63) is 57.7 Å². The second kappa shape index (κ2) is 6.18. The molecule has 0 aliphatic carbocycles. The number of rotatable bonds is 4. The Morgan fingerprint density at radius 2 is 2.09 bits per heavy atom. The number of imidazole rings is 1. The fourth-order valence-corrected chi connectivity index (χ4v) is 3.16. The summed E-state index contributed by atoms with van der Waals surface area (Å²) in [5, 5.41) is 4.61. The van der Waals surface area contributed by atoms with Crippen molar-refractivity contribution in [2.45, 2.75) is 33.4 Å². The molecule has 0 radical (unpaired) electrons. The molecule has 2 heterocycles. The lowest BCUT2D eigenvalue weighted by molar-refractivity contribution is 0.545. The lowest BCUT2D eigenvalue weighted by Crippen LogP contribution is -2.19. The van der Waals surface area contributed by atoms with Crippen molar-refractivity contribution in [2.24, 2.45) is 0 Å². The summed E-state index contributed by atoms with van der Waals surface area (Å²) in [6.07, 6.45) is 1.85. The molecule has 4 nitrogen and oxygen atoms in total. The van der Waals surface area contributed by atoms with Crippen LogP contribution >= 0.6 is 15.9 Å². The summed E-state index contributed by atoms with van der Waals surface area (Å²) in [7, 11) is 0. The van der Waals surface area contributed by atoms with Crippen LogP contribution in [0.2, 0.25) is 0 Å². The van der Waals surface area contributed by atoms with Crippen LogP contribution in [0.4, 0.5) is 0 Å². The van der Waals surface area contributed by atoms with Gasteiger partial charge in [-0.1, -0.05) is 6.07 Å². The summed E-state index contributed by atoms with van der Waals surface area (Å²) in [6, 6.07) is 8.60. The molecule has 0 saturated carbocycles. The number of hydrogen-bond acceptors (Lipinski definition) is 3. The Kier molecular flexibility index (Phi) is 4.27. The maximum absolute atomic E-state index is 4.75. The molecule has 114 valence electrons. The van der Waals surface area contributed by atoms with Crippen LogP contribution in [-0.2, 0) is 6.54 Å². The molecule has 2 aromatic heterocycles. The van der Waals surface area contributed by atoms with E-state index in [0.717, 1.165) is 32.6 Å². The number of aryl methyl sites for hydroxylation is 2. The van der Waals surface area contributed by atoms with Gasteiger partial charge in [0.2, 0.25) is 0 Å². The van der Waals surface area contributed by atoms with Crippen molar-refractivity contribution < 1.29 is 0 Å². The zero-order chi connectivity index (χ0) is 15.7. The molecular formula is C17H19BrN4. The second-order valence-corrected chi connectivity index (χ2v) is 6.53. The molecule has 1 aromatic carbocycles. The number of pyridine rings is 1. The van der Waals surface area contributed by atoms with Crippen molar-refractivity contribution in [3.8, 4) is 0 Å². The van der Waals surface area contributed by atoms with Crippen LogP contribution < -0.4 is 5.32 Å². The van der Waals surface area contributed by atoms with Crippen molar-refractivity contribution in [2.75, 3.05) is 0 Å². The quantitative estimate of drug-likeness (QED) is 0.735. The van der Waals surface area contributed by atoms with E-state index in [1.165, 1.54) is 5.56 Å². The number of aromatic nitrogens is 3. The van der Waals surface area contributed by atoms with Gasteiger partial charge in [-0.25, -0.2) is 4.98 Å². The van der Waals surface area contributed by atoms with E-state index in [0.29, 0.717) is 6.54 Å². The molecule has 0 aliphatic rings. The summed E-state index contributed by atoms with van der Waals surface area (Å²) < 4.78 is 1.04. The normalized spacial score (nSPS) is 12.7. The summed E-state index contributed by atoms with van der Waals surface area (Å²) in [5.74, 6) is 0.954. The van der Waals surface area contributed by atoms with Gasteiger partial charge in [0, 0.05) is 28.3 Å². The van der Waals surface area contributed by atoms with Gasteiger partial charge in [0.15, 0.2) is 0 Å². The largest absolute Gasteiger partial charge is 0.345 e. The van der Waals surface area contributed by atoms with Crippen LogP contribution in [0.1, 0.15) is 35.7 Å². The van der Waals surface area contributed by atoms with Crippen molar-refractivity contribution >= 4 is 26.8 Å². The van der Waals surface area contributed by atoms with E-state index in [-0.39, 0.29) is 6.04 Å². The average Bonchev–Trinajstić information content (AvgIpc) is 2.91. The van der Waals surface area contributed by atoms with Crippen LogP contribution in [0.25, 0.3) is 10.9 Å².